The number of fused-ring (bicyclic) bond motifs is 1. The normalized spacial score (nSPS) is 10.9. The summed E-state index contributed by atoms with van der Waals surface area (Å²) in [6.07, 6.45) is 1.37. The highest BCUT2D eigenvalue weighted by Gasteiger charge is 2.14. The van der Waals surface area contributed by atoms with E-state index in [0.717, 1.165) is 0 Å². The maximum absolute atomic E-state index is 13.5. The Kier molecular flexibility index (Phi) is 2.98. The van der Waals surface area contributed by atoms with Gasteiger partial charge in [0.05, 0.1) is 15.6 Å². The molecule has 0 aliphatic carbocycles. The molecule has 20 heavy (non-hydrogen) atoms. The van der Waals surface area contributed by atoms with Crippen LogP contribution < -0.4 is 0 Å². The van der Waals surface area contributed by atoms with Crippen LogP contribution in [0, 0.1) is 5.82 Å². The Morgan fingerprint density at radius 1 is 1.35 bits per heavy atom. The van der Waals surface area contributed by atoms with E-state index in [1.54, 1.807) is 12.1 Å². The van der Waals surface area contributed by atoms with E-state index in [1.807, 2.05) is 0 Å². The van der Waals surface area contributed by atoms with Gasteiger partial charge in [-0.25, -0.2) is 19.2 Å². The molecule has 0 radical (unpaired) electrons. The second-order valence-electron chi connectivity index (χ2n) is 4.08. The Labute approximate surface area is 120 Å². The molecule has 0 saturated heterocycles. The van der Waals surface area contributed by atoms with Crippen molar-refractivity contribution in [3.63, 3.8) is 0 Å². The molecule has 0 aliphatic rings. The summed E-state index contributed by atoms with van der Waals surface area (Å²) in [4.78, 5) is 22.2. The first kappa shape index (κ1) is 12.7. The van der Waals surface area contributed by atoms with Gasteiger partial charge in [-0.15, -0.1) is 0 Å². The third-order valence-electron chi connectivity index (χ3n) is 2.82. The molecule has 3 aromatic rings. The summed E-state index contributed by atoms with van der Waals surface area (Å²) in [7, 11) is 0. The van der Waals surface area contributed by atoms with Gasteiger partial charge in [0.2, 0.25) is 0 Å². The van der Waals surface area contributed by atoms with E-state index in [1.165, 1.54) is 18.3 Å². The van der Waals surface area contributed by atoms with Gasteiger partial charge in [0.25, 0.3) is 0 Å². The molecule has 5 nitrogen and oxygen atoms in total. The smallest absolute Gasteiger partial charge is 0.338 e. The monoisotopic (exact) mass is 335 g/mol. The number of H-pyrrole nitrogens is 1. The first-order chi connectivity index (χ1) is 9.56. The summed E-state index contributed by atoms with van der Waals surface area (Å²) in [5.74, 6) is -1.13. The molecule has 0 unspecified atom stereocenters. The number of carboxylic acids is 1. The molecule has 2 heterocycles. The zero-order valence-corrected chi connectivity index (χ0v) is 11.5. The minimum atomic E-state index is -1.07. The Bertz CT molecular complexity index is 832. The van der Waals surface area contributed by atoms with E-state index in [-0.39, 0.29) is 11.2 Å². The van der Waals surface area contributed by atoms with Gasteiger partial charge in [0, 0.05) is 11.8 Å². The second kappa shape index (κ2) is 4.68. The summed E-state index contributed by atoms with van der Waals surface area (Å²) in [6.45, 7) is 0. The van der Waals surface area contributed by atoms with Gasteiger partial charge in [0.1, 0.15) is 11.6 Å². The molecule has 0 amide bonds. The Hall–Kier alpha value is -2.28. The van der Waals surface area contributed by atoms with E-state index >= 15 is 0 Å². The lowest BCUT2D eigenvalue weighted by Gasteiger charge is -1.98. The average molecular weight is 336 g/mol. The van der Waals surface area contributed by atoms with Crippen molar-refractivity contribution in [1.82, 2.24) is 15.0 Å². The first-order valence-electron chi connectivity index (χ1n) is 5.59. The largest absolute Gasteiger partial charge is 0.478 e. The number of aromatic amines is 1. The van der Waals surface area contributed by atoms with Crippen LogP contribution in [0.5, 0.6) is 0 Å². The van der Waals surface area contributed by atoms with Gasteiger partial charge in [-0.3, -0.25) is 0 Å². The number of hydrogen-bond acceptors (Lipinski definition) is 3. The van der Waals surface area contributed by atoms with E-state index in [9.17, 15) is 9.18 Å². The van der Waals surface area contributed by atoms with Crippen LogP contribution in [0.4, 0.5) is 4.39 Å². The van der Waals surface area contributed by atoms with Crippen LogP contribution in [-0.2, 0) is 0 Å². The number of nitrogens with one attached hydrogen (secondary N) is 1. The van der Waals surface area contributed by atoms with Gasteiger partial charge in [0.15, 0.2) is 5.65 Å². The molecule has 2 N–H and O–H groups in total. The van der Waals surface area contributed by atoms with Gasteiger partial charge < -0.3 is 10.1 Å². The highest BCUT2D eigenvalue weighted by atomic mass is 79.9. The molecule has 0 fully saturated rings. The molecule has 2 aromatic heterocycles. The van der Waals surface area contributed by atoms with Gasteiger partial charge in [-0.05, 0) is 40.2 Å². The van der Waals surface area contributed by atoms with Crippen LogP contribution >= 0.6 is 15.9 Å². The molecule has 1 aromatic carbocycles. The van der Waals surface area contributed by atoms with E-state index in [2.05, 4.69) is 30.9 Å². The summed E-state index contributed by atoms with van der Waals surface area (Å²) >= 11 is 3.07. The molecular formula is C13H7BrFN3O2. The number of nitrogens with zero attached hydrogens (tertiary/aromatic N) is 2. The van der Waals surface area contributed by atoms with Crippen LogP contribution in [-0.4, -0.2) is 26.0 Å². The summed E-state index contributed by atoms with van der Waals surface area (Å²) in [5, 5.41) is 9.10. The number of carbonyl (C=O) groups is 1. The molecule has 0 bridgehead atoms. The van der Waals surface area contributed by atoms with Crippen LogP contribution in [0.25, 0.3) is 22.6 Å². The zero-order chi connectivity index (χ0) is 14.3. The second-order valence-corrected chi connectivity index (χ2v) is 4.93. The number of halogens is 2. The van der Waals surface area contributed by atoms with Crippen LogP contribution in [0.3, 0.4) is 0 Å². The van der Waals surface area contributed by atoms with Crippen molar-refractivity contribution in [3.05, 3.63) is 46.3 Å². The third-order valence-corrected chi connectivity index (χ3v) is 3.46. The molecule has 0 saturated carbocycles. The van der Waals surface area contributed by atoms with Gasteiger partial charge >= 0.3 is 5.97 Å². The van der Waals surface area contributed by atoms with Crippen molar-refractivity contribution in [2.75, 3.05) is 0 Å². The molecule has 0 spiro atoms. The van der Waals surface area contributed by atoms with Crippen LogP contribution in [0.2, 0.25) is 0 Å². The highest BCUT2D eigenvalue weighted by Crippen LogP contribution is 2.25. The SMILES string of the molecule is O=C(O)c1ccnc2nc(-c3ccc(Br)c(F)c3)[nH]c12. The highest BCUT2D eigenvalue weighted by molar-refractivity contribution is 9.10. The topological polar surface area (TPSA) is 78.9 Å². The number of rotatable bonds is 2. The number of aromatic nitrogens is 3. The Morgan fingerprint density at radius 2 is 2.15 bits per heavy atom. The number of pyridine rings is 1. The van der Waals surface area contributed by atoms with Crippen molar-refractivity contribution in [1.29, 1.82) is 0 Å². The number of hydrogen-bond donors (Lipinski definition) is 2. The quantitative estimate of drug-likeness (QED) is 0.753. The number of aromatic carboxylic acids is 1. The van der Waals surface area contributed by atoms with Crippen molar-refractivity contribution < 1.29 is 14.3 Å². The standard InChI is InChI=1S/C13H7BrFN3O2/c14-8-2-1-6(5-9(8)15)11-17-10-7(13(19)20)3-4-16-12(10)18-11/h1-5H,(H,19,20)(H,16,17,18). The van der Waals surface area contributed by atoms with Gasteiger partial charge in [-0.2, -0.15) is 0 Å². The lowest BCUT2D eigenvalue weighted by atomic mass is 10.2. The Morgan fingerprint density at radius 3 is 2.85 bits per heavy atom. The van der Waals surface area contributed by atoms with Crippen molar-refractivity contribution in [2.45, 2.75) is 0 Å². The molecule has 0 atom stereocenters. The number of benzene rings is 1. The Balaban J connectivity index is 2.20. The van der Waals surface area contributed by atoms with Crippen LogP contribution in [0.15, 0.2) is 34.9 Å². The maximum atomic E-state index is 13.5. The number of imidazole rings is 1. The van der Waals surface area contributed by atoms with E-state index < -0.39 is 11.8 Å². The first-order valence-corrected chi connectivity index (χ1v) is 6.39. The third kappa shape index (κ3) is 2.05. The zero-order valence-electron chi connectivity index (χ0n) is 9.89. The van der Waals surface area contributed by atoms with Crippen LogP contribution in [0.1, 0.15) is 10.4 Å². The molecule has 7 heteroatoms. The molecule has 100 valence electrons. The van der Waals surface area contributed by atoms with Crippen molar-refractivity contribution in [3.8, 4) is 11.4 Å². The molecule has 3 rings (SSSR count). The summed E-state index contributed by atoms with van der Waals surface area (Å²) < 4.78 is 13.9. The summed E-state index contributed by atoms with van der Waals surface area (Å²) in [6, 6.07) is 5.92. The average Bonchev–Trinajstić information content (AvgIpc) is 2.85. The lowest BCUT2D eigenvalue weighted by Crippen LogP contribution is -1.97. The van der Waals surface area contributed by atoms with E-state index in [0.29, 0.717) is 21.4 Å². The summed E-state index contributed by atoms with van der Waals surface area (Å²) in [5.41, 5.74) is 1.19. The number of carboxylic acid groups (broad SMARTS) is 1. The molecular weight excluding hydrogens is 329 g/mol. The fourth-order valence-corrected chi connectivity index (χ4v) is 2.12. The lowest BCUT2D eigenvalue weighted by molar-refractivity contribution is 0.0698. The van der Waals surface area contributed by atoms with E-state index in [4.69, 9.17) is 5.11 Å². The van der Waals surface area contributed by atoms with Gasteiger partial charge in [-0.1, -0.05) is 0 Å². The fourth-order valence-electron chi connectivity index (χ4n) is 1.87. The predicted octanol–water partition coefficient (Wildman–Crippen LogP) is 3.22. The van der Waals surface area contributed by atoms with Crippen molar-refractivity contribution >= 4 is 33.1 Å². The molecule has 0 aliphatic heterocycles. The minimum Gasteiger partial charge on any atom is -0.478 e. The predicted molar refractivity (Wildman–Crippen MR) is 73.9 cm³/mol. The fraction of sp³-hybridized carbons (Fsp3) is 0. The maximum Gasteiger partial charge on any atom is 0.338 e. The minimum absolute atomic E-state index is 0.0753. The van der Waals surface area contributed by atoms with Crippen molar-refractivity contribution in [2.24, 2.45) is 0 Å².